The Morgan fingerprint density at radius 3 is 2.56 bits per heavy atom. The van der Waals surface area contributed by atoms with E-state index in [0.717, 1.165) is 22.9 Å². The number of aromatic amines is 1. The van der Waals surface area contributed by atoms with E-state index in [1.165, 1.54) is 0 Å². The number of amides is 1. The molecule has 0 spiro atoms. The van der Waals surface area contributed by atoms with Gasteiger partial charge in [-0.1, -0.05) is 12.2 Å². The van der Waals surface area contributed by atoms with Crippen molar-refractivity contribution < 1.29 is 38.0 Å². The van der Waals surface area contributed by atoms with Gasteiger partial charge in [-0.05, 0) is 0 Å². The van der Waals surface area contributed by atoms with Gasteiger partial charge in [-0.25, -0.2) is 4.79 Å². The molecular formula is C14H16F3N3O7. The number of aliphatic hydroxyl groups is 3. The van der Waals surface area contributed by atoms with Crippen LogP contribution in [0.1, 0.15) is 11.8 Å². The monoisotopic (exact) mass is 395 g/mol. The highest BCUT2D eigenvalue weighted by Crippen LogP contribution is 2.28. The molecule has 5 N–H and O–H groups in total. The van der Waals surface area contributed by atoms with Crippen molar-refractivity contribution in [2.24, 2.45) is 0 Å². The predicted molar refractivity (Wildman–Crippen MR) is 82.4 cm³/mol. The molecule has 1 fully saturated rings. The maximum absolute atomic E-state index is 12.1. The Bertz CT molecular complexity index is 832. The summed E-state index contributed by atoms with van der Waals surface area (Å²) in [6.07, 6.45) is -7.60. The van der Waals surface area contributed by atoms with Gasteiger partial charge in [0.1, 0.15) is 18.3 Å². The van der Waals surface area contributed by atoms with Crippen molar-refractivity contribution in [3.63, 3.8) is 0 Å². The summed E-state index contributed by atoms with van der Waals surface area (Å²) in [4.78, 5) is 36.3. The average Bonchev–Trinajstić information content (AvgIpc) is 2.87. The summed E-state index contributed by atoms with van der Waals surface area (Å²) in [5.41, 5.74) is -2.03. The van der Waals surface area contributed by atoms with Gasteiger partial charge in [0.15, 0.2) is 6.23 Å². The first kappa shape index (κ1) is 20.8. The number of carbonyl (C=O) groups excluding carboxylic acids is 1. The number of halogens is 3. The van der Waals surface area contributed by atoms with Gasteiger partial charge in [0.05, 0.1) is 12.2 Å². The molecule has 0 radical (unpaired) electrons. The molecule has 1 aliphatic rings. The van der Waals surface area contributed by atoms with Crippen LogP contribution in [0, 0.1) is 0 Å². The molecule has 0 unspecified atom stereocenters. The molecule has 2 heterocycles. The van der Waals surface area contributed by atoms with E-state index >= 15 is 0 Å². The topological polar surface area (TPSA) is 154 Å². The van der Waals surface area contributed by atoms with Crippen molar-refractivity contribution in [2.75, 3.05) is 13.2 Å². The van der Waals surface area contributed by atoms with E-state index in [-0.39, 0.29) is 5.56 Å². The number of rotatable bonds is 5. The standard InChI is InChI=1S/C14H16F3N3O7/c15-14(16,17)12(25)18-3-1-2-6-4-20(13(26)19-10(6)24)11-9(23)8(22)7(5-21)27-11/h1-2,4,7-9,11,21-23H,3,5H2,(H,18,25)(H,19,24,26)/b2-1+/t7-,8-,9-,11-/m0/s1. The lowest BCUT2D eigenvalue weighted by Gasteiger charge is -2.17. The number of hydrogen-bond acceptors (Lipinski definition) is 7. The predicted octanol–water partition coefficient (Wildman–Crippen LogP) is -2.16. The van der Waals surface area contributed by atoms with Crippen molar-refractivity contribution in [1.82, 2.24) is 14.9 Å². The van der Waals surface area contributed by atoms with E-state index in [2.05, 4.69) is 0 Å². The quantitative estimate of drug-likeness (QED) is 0.381. The molecule has 13 heteroatoms. The van der Waals surface area contributed by atoms with Gasteiger partial charge in [0, 0.05) is 12.7 Å². The van der Waals surface area contributed by atoms with E-state index in [0.29, 0.717) is 0 Å². The molecule has 0 aromatic carbocycles. The van der Waals surface area contributed by atoms with Crippen LogP contribution in [-0.4, -0.2) is 68.4 Å². The highest BCUT2D eigenvalue weighted by atomic mass is 19.4. The third-order valence-corrected chi connectivity index (χ3v) is 3.72. The van der Waals surface area contributed by atoms with Crippen LogP contribution < -0.4 is 16.6 Å². The molecule has 1 aliphatic heterocycles. The zero-order valence-electron chi connectivity index (χ0n) is 13.5. The molecule has 1 aromatic rings. The first-order valence-corrected chi connectivity index (χ1v) is 7.55. The smallest absolute Gasteiger partial charge is 0.394 e. The molecular weight excluding hydrogens is 379 g/mol. The van der Waals surface area contributed by atoms with Gasteiger partial charge >= 0.3 is 17.8 Å². The Morgan fingerprint density at radius 1 is 1.33 bits per heavy atom. The molecule has 1 aromatic heterocycles. The Morgan fingerprint density at radius 2 is 2.00 bits per heavy atom. The van der Waals surface area contributed by atoms with Gasteiger partial charge < -0.3 is 25.4 Å². The molecule has 4 atom stereocenters. The number of aliphatic hydroxyl groups excluding tert-OH is 3. The highest BCUT2D eigenvalue weighted by Gasteiger charge is 2.43. The number of aromatic nitrogens is 2. The highest BCUT2D eigenvalue weighted by molar-refractivity contribution is 5.81. The Hall–Kier alpha value is -2.48. The summed E-state index contributed by atoms with van der Waals surface area (Å²) in [5.74, 6) is -2.16. The van der Waals surface area contributed by atoms with Gasteiger partial charge in [0.2, 0.25) is 0 Å². The van der Waals surface area contributed by atoms with Crippen LogP contribution in [0.4, 0.5) is 13.2 Å². The SMILES string of the molecule is O=C(NC/C=C/c1cn([C@H]2O[C@@H](CO)[C@H](O)[C@@H]2O)c(=O)[nH]c1=O)C(F)(F)F. The van der Waals surface area contributed by atoms with Crippen LogP contribution in [0.25, 0.3) is 6.08 Å². The van der Waals surface area contributed by atoms with E-state index in [9.17, 15) is 37.8 Å². The van der Waals surface area contributed by atoms with E-state index in [4.69, 9.17) is 9.84 Å². The zero-order chi connectivity index (χ0) is 20.4. The van der Waals surface area contributed by atoms with Gasteiger partial charge in [-0.15, -0.1) is 0 Å². The molecule has 1 amide bonds. The van der Waals surface area contributed by atoms with Crippen LogP contribution in [0.15, 0.2) is 21.9 Å². The van der Waals surface area contributed by atoms with Crippen LogP contribution >= 0.6 is 0 Å². The maximum Gasteiger partial charge on any atom is 0.471 e. The van der Waals surface area contributed by atoms with Crippen molar-refractivity contribution >= 4 is 12.0 Å². The summed E-state index contributed by atoms with van der Waals surface area (Å²) in [6.45, 7) is -1.16. The van der Waals surface area contributed by atoms with Crippen molar-refractivity contribution in [3.8, 4) is 0 Å². The fraction of sp³-hybridized carbons (Fsp3) is 0.500. The fourth-order valence-electron chi connectivity index (χ4n) is 2.36. The fourth-order valence-corrected chi connectivity index (χ4v) is 2.36. The van der Waals surface area contributed by atoms with Crippen LogP contribution in [-0.2, 0) is 9.53 Å². The second-order valence-electron chi connectivity index (χ2n) is 5.59. The number of nitrogens with zero attached hydrogens (tertiary/aromatic N) is 1. The van der Waals surface area contributed by atoms with Crippen molar-refractivity contribution in [3.05, 3.63) is 38.7 Å². The van der Waals surface area contributed by atoms with Crippen LogP contribution in [0.5, 0.6) is 0 Å². The molecule has 2 rings (SSSR count). The third-order valence-electron chi connectivity index (χ3n) is 3.72. The lowest BCUT2D eigenvalue weighted by molar-refractivity contribution is -0.173. The maximum atomic E-state index is 12.1. The summed E-state index contributed by atoms with van der Waals surface area (Å²) in [7, 11) is 0. The van der Waals surface area contributed by atoms with E-state index < -0.39 is 61.0 Å². The minimum absolute atomic E-state index is 0.186. The molecule has 1 saturated heterocycles. The first-order valence-electron chi connectivity index (χ1n) is 7.55. The Balaban J connectivity index is 2.19. The number of nitrogens with one attached hydrogen (secondary N) is 2. The summed E-state index contributed by atoms with van der Waals surface area (Å²) < 4.78 is 42.1. The van der Waals surface area contributed by atoms with E-state index in [1.54, 1.807) is 5.32 Å². The molecule has 27 heavy (non-hydrogen) atoms. The molecule has 0 saturated carbocycles. The number of alkyl halides is 3. The van der Waals surface area contributed by atoms with Crippen molar-refractivity contribution in [1.29, 1.82) is 0 Å². The molecule has 0 aliphatic carbocycles. The number of hydrogen-bond donors (Lipinski definition) is 5. The summed E-state index contributed by atoms with van der Waals surface area (Å²) in [6, 6.07) is 0. The average molecular weight is 395 g/mol. The minimum Gasteiger partial charge on any atom is -0.394 e. The lowest BCUT2D eigenvalue weighted by Crippen LogP contribution is -2.38. The zero-order valence-corrected chi connectivity index (χ0v) is 13.5. The second kappa shape index (κ2) is 8.04. The van der Waals surface area contributed by atoms with Crippen molar-refractivity contribution in [2.45, 2.75) is 30.7 Å². The summed E-state index contributed by atoms with van der Waals surface area (Å²) >= 11 is 0. The second-order valence-corrected chi connectivity index (χ2v) is 5.59. The Kier molecular flexibility index (Phi) is 6.20. The molecule has 150 valence electrons. The van der Waals surface area contributed by atoms with Gasteiger partial charge in [0.25, 0.3) is 5.56 Å². The molecule has 10 nitrogen and oxygen atoms in total. The third kappa shape index (κ3) is 4.63. The van der Waals surface area contributed by atoms with Crippen LogP contribution in [0.3, 0.4) is 0 Å². The first-order chi connectivity index (χ1) is 12.6. The number of carbonyl (C=O) groups is 1. The van der Waals surface area contributed by atoms with E-state index in [1.807, 2.05) is 4.98 Å². The van der Waals surface area contributed by atoms with Gasteiger partial charge in [-0.2, -0.15) is 13.2 Å². The summed E-state index contributed by atoms with van der Waals surface area (Å²) in [5, 5.41) is 30.3. The number of H-pyrrole nitrogens is 1. The normalized spacial score (nSPS) is 25.9. The van der Waals surface area contributed by atoms with Gasteiger partial charge in [-0.3, -0.25) is 19.1 Å². The van der Waals surface area contributed by atoms with Crippen LogP contribution in [0.2, 0.25) is 0 Å². The Labute approximate surface area is 148 Å². The molecule has 0 bridgehead atoms. The lowest BCUT2D eigenvalue weighted by atomic mass is 10.1. The minimum atomic E-state index is -5.04. The largest absolute Gasteiger partial charge is 0.471 e. The number of ether oxygens (including phenoxy) is 1.